The van der Waals surface area contributed by atoms with Crippen molar-refractivity contribution in [2.24, 2.45) is 0 Å². The third-order valence-corrected chi connectivity index (χ3v) is 2.78. The van der Waals surface area contributed by atoms with Crippen LogP contribution in [0, 0.1) is 0 Å². The summed E-state index contributed by atoms with van der Waals surface area (Å²) in [4.78, 5) is 4.11. The fraction of sp³-hybridized carbons (Fsp3) is 0.267. The molecule has 100 valence electrons. The third-order valence-electron chi connectivity index (χ3n) is 2.78. The molecule has 0 saturated heterocycles. The number of aliphatic hydroxyl groups excluding tert-OH is 1. The van der Waals surface area contributed by atoms with Crippen LogP contribution >= 0.6 is 0 Å². The number of pyridine rings is 1. The number of aromatic nitrogens is 1. The zero-order valence-corrected chi connectivity index (χ0v) is 11.0. The average molecular weight is 259 g/mol. The standard InChI is InChI=1S/C15H17NO3/c1-11(17)12-5-3-7-14(9-12)19-10-13-6-4-8-16-15(13)18-2/h3-9,11,17H,10H2,1-2H3. The first-order chi connectivity index (χ1) is 9.20. The molecule has 0 spiro atoms. The van der Waals surface area contributed by atoms with Gasteiger partial charge in [-0.1, -0.05) is 12.1 Å². The van der Waals surface area contributed by atoms with Gasteiger partial charge in [0.1, 0.15) is 12.4 Å². The number of hydrogen-bond donors (Lipinski definition) is 1. The van der Waals surface area contributed by atoms with E-state index >= 15 is 0 Å². The summed E-state index contributed by atoms with van der Waals surface area (Å²) in [5, 5.41) is 9.53. The Bertz CT molecular complexity index is 540. The van der Waals surface area contributed by atoms with E-state index in [0.29, 0.717) is 18.2 Å². The van der Waals surface area contributed by atoms with Crippen LogP contribution in [0.3, 0.4) is 0 Å². The van der Waals surface area contributed by atoms with Crippen LogP contribution in [0.5, 0.6) is 11.6 Å². The van der Waals surface area contributed by atoms with Crippen LogP contribution in [0.4, 0.5) is 0 Å². The molecular formula is C15H17NO3. The maximum Gasteiger partial charge on any atom is 0.219 e. The Labute approximate surface area is 112 Å². The summed E-state index contributed by atoms with van der Waals surface area (Å²) in [6.45, 7) is 2.10. The van der Waals surface area contributed by atoms with E-state index in [1.807, 2.05) is 36.4 Å². The average Bonchev–Trinajstić information content (AvgIpc) is 2.45. The third kappa shape index (κ3) is 3.45. The Hall–Kier alpha value is -2.07. The lowest BCUT2D eigenvalue weighted by molar-refractivity contribution is 0.198. The largest absolute Gasteiger partial charge is 0.489 e. The minimum atomic E-state index is -0.503. The predicted molar refractivity (Wildman–Crippen MR) is 72.2 cm³/mol. The van der Waals surface area contributed by atoms with Crippen LogP contribution in [-0.4, -0.2) is 17.2 Å². The quantitative estimate of drug-likeness (QED) is 0.897. The van der Waals surface area contributed by atoms with Gasteiger partial charge in [-0.2, -0.15) is 0 Å². The van der Waals surface area contributed by atoms with Gasteiger partial charge in [0.25, 0.3) is 0 Å². The number of benzene rings is 1. The molecule has 0 fully saturated rings. The molecule has 0 saturated carbocycles. The highest BCUT2D eigenvalue weighted by Crippen LogP contribution is 2.21. The minimum Gasteiger partial charge on any atom is -0.489 e. The van der Waals surface area contributed by atoms with Gasteiger partial charge in [-0.25, -0.2) is 4.98 Å². The molecule has 0 aliphatic heterocycles. The second-order valence-electron chi connectivity index (χ2n) is 4.21. The Kier molecular flexibility index (Phi) is 4.36. The van der Waals surface area contributed by atoms with Crippen LogP contribution in [0.1, 0.15) is 24.2 Å². The SMILES string of the molecule is COc1ncccc1COc1cccc(C(C)O)c1. The molecule has 0 aliphatic carbocycles. The highest BCUT2D eigenvalue weighted by Gasteiger charge is 2.06. The first-order valence-electron chi connectivity index (χ1n) is 6.09. The maximum atomic E-state index is 9.53. The molecule has 2 aromatic rings. The van der Waals surface area contributed by atoms with Crippen molar-refractivity contribution in [3.05, 3.63) is 53.7 Å². The summed E-state index contributed by atoms with van der Waals surface area (Å²) in [7, 11) is 1.58. The van der Waals surface area contributed by atoms with Gasteiger partial charge in [0.2, 0.25) is 5.88 Å². The Morgan fingerprint density at radius 3 is 2.84 bits per heavy atom. The van der Waals surface area contributed by atoms with Crippen LogP contribution in [0.15, 0.2) is 42.6 Å². The van der Waals surface area contributed by atoms with E-state index in [2.05, 4.69) is 4.98 Å². The van der Waals surface area contributed by atoms with Crippen molar-refractivity contribution in [1.82, 2.24) is 4.98 Å². The van der Waals surface area contributed by atoms with E-state index in [-0.39, 0.29) is 0 Å². The van der Waals surface area contributed by atoms with E-state index in [0.717, 1.165) is 11.1 Å². The number of aliphatic hydroxyl groups is 1. The predicted octanol–water partition coefficient (Wildman–Crippen LogP) is 2.72. The van der Waals surface area contributed by atoms with Crippen molar-refractivity contribution in [2.75, 3.05) is 7.11 Å². The Morgan fingerprint density at radius 1 is 1.26 bits per heavy atom. The second-order valence-corrected chi connectivity index (χ2v) is 4.21. The molecule has 0 radical (unpaired) electrons. The molecule has 19 heavy (non-hydrogen) atoms. The van der Waals surface area contributed by atoms with Gasteiger partial charge in [0.05, 0.1) is 18.8 Å². The monoisotopic (exact) mass is 259 g/mol. The van der Waals surface area contributed by atoms with Gasteiger partial charge >= 0.3 is 0 Å². The second kappa shape index (κ2) is 6.20. The summed E-state index contributed by atoms with van der Waals surface area (Å²) in [6.07, 6.45) is 1.17. The summed E-state index contributed by atoms with van der Waals surface area (Å²) in [5.74, 6) is 1.28. The Morgan fingerprint density at radius 2 is 2.11 bits per heavy atom. The van der Waals surface area contributed by atoms with Crippen molar-refractivity contribution in [3.8, 4) is 11.6 Å². The number of nitrogens with zero attached hydrogens (tertiary/aromatic N) is 1. The summed E-state index contributed by atoms with van der Waals surface area (Å²) in [6, 6.07) is 11.2. The highest BCUT2D eigenvalue weighted by atomic mass is 16.5. The lowest BCUT2D eigenvalue weighted by atomic mass is 10.1. The molecule has 1 heterocycles. The van der Waals surface area contributed by atoms with E-state index < -0.39 is 6.10 Å². The molecule has 1 aromatic heterocycles. The van der Waals surface area contributed by atoms with E-state index in [9.17, 15) is 5.11 Å². The minimum absolute atomic E-state index is 0.375. The van der Waals surface area contributed by atoms with E-state index in [4.69, 9.17) is 9.47 Å². The Balaban J connectivity index is 2.08. The summed E-state index contributed by atoms with van der Waals surface area (Å²) in [5.41, 5.74) is 1.71. The lowest BCUT2D eigenvalue weighted by Gasteiger charge is -2.11. The molecule has 1 N–H and O–H groups in total. The molecule has 2 rings (SSSR count). The van der Waals surface area contributed by atoms with Gasteiger partial charge in [0, 0.05) is 6.20 Å². The zero-order chi connectivity index (χ0) is 13.7. The fourth-order valence-corrected chi connectivity index (χ4v) is 1.74. The molecule has 0 amide bonds. The molecule has 0 aliphatic rings. The van der Waals surface area contributed by atoms with Crippen molar-refractivity contribution in [2.45, 2.75) is 19.6 Å². The van der Waals surface area contributed by atoms with E-state index in [1.54, 1.807) is 20.2 Å². The maximum absolute atomic E-state index is 9.53. The number of hydrogen-bond acceptors (Lipinski definition) is 4. The summed E-state index contributed by atoms with van der Waals surface area (Å²) < 4.78 is 10.9. The molecule has 0 bridgehead atoms. The summed E-state index contributed by atoms with van der Waals surface area (Å²) >= 11 is 0. The molecule has 1 aromatic carbocycles. The first kappa shape index (κ1) is 13.4. The van der Waals surface area contributed by atoms with Crippen LogP contribution in [-0.2, 0) is 6.61 Å². The van der Waals surface area contributed by atoms with E-state index in [1.165, 1.54) is 0 Å². The van der Waals surface area contributed by atoms with Gasteiger partial charge in [-0.3, -0.25) is 0 Å². The van der Waals surface area contributed by atoms with Gasteiger partial charge < -0.3 is 14.6 Å². The number of rotatable bonds is 5. The van der Waals surface area contributed by atoms with Gasteiger partial charge in [-0.15, -0.1) is 0 Å². The lowest BCUT2D eigenvalue weighted by Crippen LogP contribution is -2.00. The molecular weight excluding hydrogens is 242 g/mol. The normalized spacial score (nSPS) is 11.9. The van der Waals surface area contributed by atoms with Crippen molar-refractivity contribution >= 4 is 0 Å². The molecule has 1 unspecified atom stereocenters. The van der Waals surface area contributed by atoms with Crippen molar-refractivity contribution in [3.63, 3.8) is 0 Å². The fourth-order valence-electron chi connectivity index (χ4n) is 1.74. The molecule has 4 heteroatoms. The topological polar surface area (TPSA) is 51.6 Å². The highest BCUT2D eigenvalue weighted by molar-refractivity contribution is 5.31. The number of methoxy groups -OCH3 is 1. The zero-order valence-electron chi connectivity index (χ0n) is 11.0. The van der Waals surface area contributed by atoms with Gasteiger partial charge in [-0.05, 0) is 36.8 Å². The van der Waals surface area contributed by atoms with Gasteiger partial charge in [0.15, 0.2) is 0 Å². The number of ether oxygens (including phenoxy) is 2. The first-order valence-corrected chi connectivity index (χ1v) is 6.09. The van der Waals surface area contributed by atoms with Crippen LogP contribution < -0.4 is 9.47 Å². The molecule has 4 nitrogen and oxygen atoms in total. The smallest absolute Gasteiger partial charge is 0.219 e. The molecule has 1 atom stereocenters. The van der Waals surface area contributed by atoms with Crippen molar-refractivity contribution in [1.29, 1.82) is 0 Å². The van der Waals surface area contributed by atoms with Crippen LogP contribution in [0.25, 0.3) is 0 Å². The van der Waals surface area contributed by atoms with Crippen molar-refractivity contribution < 1.29 is 14.6 Å². The van der Waals surface area contributed by atoms with Crippen LogP contribution in [0.2, 0.25) is 0 Å².